The van der Waals surface area contributed by atoms with Gasteiger partial charge in [-0.1, -0.05) is 6.92 Å². The first-order valence-electron chi connectivity index (χ1n) is 6.54. The van der Waals surface area contributed by atoms with E-state index in [1.165, 1.54) is 7.11 Å². The Labute approximate surface area is 121 Å². The molecule has 2 rings (SSSR count). The summed E-state index contributed by atoms with van der Waals surface area (Å²) in [6.07, 6.45) is 2.36. The summed E-state index contributed by atoms with van der Waals surface area (Å²) in [5.74, 6) is 0.909. The number of methoxy groups -OCH3 is 1. The number of carbonyl (C=O) groups excluding carboxylic acids is 1. The Morgan fingerprint density at radius 3 is 3.10 bits per heavy atom. The maximum atomic E-state index is 12.2. The monoisotopic (exact) mass is 297 g/mol. The summed E-state index contributed by atoms with van der Waals surface area (Å²) in [6, 6.07) is 3.27. The Morgan fingerprint density at radius 2 is 2.35 bits per heavy atom. The van der Waals surface area contributed by atoms with E-state index in [1.807, 2.05) is 6.92 Å². The number of urea groups is 1. The predicted molar refractivity (Wildman–Crippen MR) is 78.5 cm³/mol. The average molecular weight is 297 g/mol. The molecule has 20 heavy (non-hydrogen) atoms. The molecule has 7 heteroatoms. The molecule has 1 N–H and O–H groups in total. The van der Waals surface area contributed by atoms with Crippen LogP contribution in [0.5, 0.6) is 5.88 Å². The van der Waals surface area contributed by atoms with Gasteiger partial charge < -0.3 is 15.0 Å². The number of carbonyl (C=O) groups is 1. The van der Waals surface area contributed by atoms with Gasteiger partial charge in [-0.2, -0.15) is 0 Å². The first-order chi connectivity index (χ1) is 9.61. The molecule has 1 aromatic rings. The van der Waals surface area contributed by atoms with Gasteiger partial charge in [0.25, 0.3) is 0 Å². The van der Waals surface area contributed by atoms with E-state index in [2.05, 4.69) is 10.3 Å². The van der Waals surface area contributed by atoms with Crippen LogP contribution < -0.4 is 10.1 Å². The van der Waals surface area contributed by atoms with E-state index in [4.69, 9.17) is 4.74 Å². The van der Waals surface area contributed by atoms with Crippen molar-refractivity contribution in [1.29, 1.82) is 0 Å². The van der Waals surface area contributed by atoms with Gasteiger partial charge in [0.1, 0.15) is 5.69 Å². The number of hydrogen-bond donors (Lipinski definition) is 1. The second kappa shape index (κ2) is 6.69. The molecule has 1 aromatic heterocycles. The fourth-order valence-corrected chi connectivity index (χ4v) is 3.20. The molecule has 6 nitrogen and oxygen atoms in total. The molecule has 2 amide bonds. The van der Waals surface area contributed by atoms with E-state index in [0.717, 1.165) is 6.42 Å². The zero-order valence-electron chi connectivity index (χ0n) is 11.7. The molecule has 2 atom stereocenters. The predicted octanol–water partition coefficient (Wildman–Crippen LogP) is 1.46. The van der Waals surface area contributed by atoms with Crippen LogP contribution in [0.1, 0.15) is 13.3 Å². The van der Waals surface area contributed by atoms with Gasteiger partial charge in [-0.05, 0) is 18.6 Å². The number of amides is 2. The Balaban J connectivity index is 2.03. The average Bonchev–Trinajstić information content (AvgIpc) is 2.62. The molecule has 0 aliphatic carbocycles. The topological polar surface area (TPSA) is 71.5 Å². The maximum Gasteiger partial charge on any atom is 0.322 e. The highest BCUT2D eigenvalue weighted by Gasteiger charge is 2.23. The summed E-state index contributed by atoms with van der Waals surface area (Å²) in [7, 11) is 0.658. The summed E-state index contributed by atoms with van der Waals surface area (Å²) >= 11 is 0. The van der Waals surface area contributed by atoms with Gasteiger partial charge >= 0.3 is 6.03 Å². The largest absolute Gasteiger partial charge is 0.480 e. The highest BCUT2D eigenvalue weighted by atomic mass is 32.2. The smallest absolute Gasteiger partial charge is 0.322 e. The molecule has 1 aliphatic heterocycles. The molecular weight excluding hydrogens is 278 g/mol. The summed E-state index contributed by atoms with van der Waals surface area (Å²) < 4.78 is 16.9. The van der Waals surface area contributed by atoms with Crippen LogP contribution in [0.15, 0.2) is 18.3 Å². The van der Waals surface area contributed by atoms with Crippen molar-refractivity contribution in [3.05, 3.63) is 18.3 Å². The highest BCUT2D eigenvalue weighted by molar-refractivity contribution is 7.85. The van der Waals surface area contributed by atoms with Crippen molar-refractivity contribution in [2.24, 2.45) is 0 Å². The van der Waals surface area contributed by atoms with Crippen molar-refractivity contribution in [1.82, 2.24) is 9.88 Å². The van der Waals surface area contributed by atoms with Crippen molar-refractivity contribution in [3.8, 4) is 5.88 Å². The van der Waals surface area contributed by atoms with Gasteiger partial charge in [0.05, 0.1) is 7.11 Å². The number of rotatable bonds is 2. The molecule has 1 aliphatic rings. The fourth-order valence-electron chi connectivity index (χ4n) is 2.03. The van der Waals surface area contributed by atoms with Gasteiger partial charge in [0, 0.05) is 41.1 Å². The second-order valence-electron chi connectivity index (χ2n) is 4.66. The van der Waals surface area contributed by atoms with Crippen molar-refractivity contribution in [2.45, 2.75) is 18.6 Å². The minimum absolute atomic E-state index is 0.140. The molecule has 0 aromatic carbocycles. The Hall–Kier alpha value is -1.63. The third-order valence-electron chi connectivity index (χ3n) is 3.31. The van der Waals surface area contributed by atoms with E-state index >= 15 is 0 Å². The van der Waals surface area contributed by atoms with Gasteiger partial charge in [-0.3, -0.25) is 4.21 Å². The lowest BCUT2D eigenvalue weighted by Crippen LogP contribution is -2.37. The Kier molecular flexibility index (Phi) is 4.94. The SMILES string of the molecule is COc1ncccc1NC(=O)N1CCC(C)S(=O)CC1. The van der Waals surface area contributed by atoms with Crippen molar-refractivity contribution in [2.75, 3.05) is 31.3 Å². The number of nitrogens with zero attached hydrogens (tertiary/aromatic N) is 2. The zero-order chi connectivity index (χ0) is 14.5. The summed E-state index contributed by atoms with van der Waals surface area (Å²) in [6.45, 7) is 3.08. The molecule has 0 spiro atoms. The quantitative estimate of drug-likeness (QED) is 0.897. The van der Waals surface area contributed by atoms with Crippen LogP contribution in [0.4, 0.5) is 10.5 Å². The van der Waals surface area contributed by atoms with Crippen LogP contribution >= 0.6 is 0 Å². The number of anilines is 1. The highest BCUT2D eigenvalue weighted by Crippen LogP contribution is 2.20. The number of ether oxygens (including phenoxy) is 1. The third kappa shape index (κ3) is 3.47. The lowest BCUT2D eigenvalue weighted by atomic mass is 10.3. The van der Waals surface area contributed by atoms with Gasteiger partial charge in [-0.25, -0.2) is 9.78 Å². The first-order valence-corrected chi connectivity index (χ1v) is 7.92. The normalized spacial score (nSPS) is 23.0. The van der Waals surface area contributed by atoms with E-state index in [-0.39, 0.29) is 11.3 Å². The lowest BCUT2D eigenvalue weighted by molar-refractivity contribution is 0.215. The number of aromatic nitrogens is 1. The molecule has 0 radical (unpaired) electrons. The summed E-state index contributed by atoms with van der Waals surface area (Å²) in [5.41, 5.74) is 0.540. The van der Waals surface area contributed by atoms with Crippen LogP contribution in [-0.2, 0) is 10.8 Å². The molecule has 1 saturated heterocycles. The molecule has 1 fully saturated rings. The number of nitrogens with one attached hydrogen (secondary N) is 1. The molecule has 110 valence electrons. The zero-order valence-corrected chi connectivity index (χ0v) is 12.5. The molecule has 0 saturated carbocycles. The molecule has 2 heterocycles. The Morgan fingerprint density at radius 1 is 1.55 bits per heavy atom. The third-order valence-corrected chi connectivity index (χ3v) is 5.03. The molecule has 2 unspecified atom stereocenters. The minimum Gasteiger partial charge on any atom is -0.480 e. The van der Waals surface area contributed by atoms with Crippen LogP contribution in [0, 0.1) is 0 Å². The van der Waals surface area contributed by atoms with Crippen LogP contribution in [0.3, 0.4) is 0 Å². The first kappa shape index (κ1) is 14.8. The van der Waals surface area contributed by atoms with Crippen molar-refractivity contribution >= 4 is 22.5 Å². The van der Waals surface area contributed by atoms with E-state index in [0.29, 0.717) is 30.4 Å². The van der Waals surface area contributed by atoms with Gasteiger partial charge in [-0.15, -0.1) is 0 Å². The number of hydrogen-bond acceptors (Lipinski definition) is 4. The number of pyridine rings is 1. The van der Waals surface area contributed by atoms with Crippen LogP contribution in [0.2, 0.25) is 0 Å². The van der Waals surface area contributed by atoms with E-state index in [1.54, 1.807) is 23.2 Å². The maximum absolute atomic E-state index is 12.2. The molecular formula is C13H19N3O3S. The van der Waals surface area contributed by atoms with Crippen molar-refractivity contribution < 1.29 is 13.7 Å². The Bertz CT molecular complexity index is 509. The van der Waals surface area contributed by atoms with E-state index in [9.17, 15) is 9.00 Å². The molecule has 0 bridgehead atoms. The van der Waals surface area contributed by atoms with Gasteiger partial charge in [0.2, 0.25) is 5.88 Å². The van der Waals surface area contributed by atoms with E-state index < -0.39 is 10.8 Å². The van der Waals surface area contributed by atoms with Crippen LogP contribution in [-0.4, -0.2) is 51.3 Å². The van der Waals surface area contributed by atoms with Crippen molar-refractivity contribution in [3.63, 3.8) is 0 Å². The summed E-state index contributed by atoms with van der Waals surface area (Å²) in [5, 5.41) is 2.93. The second-order valence-corrected chi connectivity index (χ2v) is 6.64. The van der Waals surface area contributed by atoms with Crippen LogP contribution in [0.25, 0.3) is 0 Å². The fraction of sp³-hybridized carbons (Fsp3) is 0.538. The summed E-state index contributed by atoms with van der Waals surface area (Å²) in [4.78, 5) is 18.0. The lowest BCUT2D eigenvalue weighted by Gasteiger charge is -2.20. The standard InChI is InChI=1S/C13H19N3O3S/c1-10-5-7-16(8-9-20(10)18)13(17)15-11-4-3-6-14-12(11)19-2/h3-4,6,10H,5,7-9H2,1-2H3,(H,15,17). The minimum atomic E-state index is -0.851. The van der Waals surface area contributed by atoms with Gasteiger partial charge in [0.15, 0.2) is 0 Å².